The van der Waals surface area contributed by atoms with E-state index in [0.717, 1.165) is 10.4 Å². The summed E-state index contributed by atoms with van der Waals surface area (Å²) < 4.78 is 5.67. The van der Waals surface area contributed by atoms with Crippen molar-refractivity contribution in [2.75, 3.05) is 0 Å². The van der Waals surface area contributed by atoms with Crippen molar-refractivity contribution in [2.45, 2.75) is 0 Å². The molecule has 0 atom stereocenters. The number of hydrogen-bond acceptors (Lipinski definition) is 3. The van der Waals surface area contributed by atoms with Gasteiger partial charge in [-0.25, -0.2) is 9.59 Å². The molecular weight excluding hydrogens is 276 g/mol. The van der Waals surface area contributed by atoms with E-state index in [4.69, 9.17) is 14.9 Å². The Kier molecular flexibility index (Phi) is 2.80. The average Bonchev–Trinajstić information content (AvgIpc) is 2.43. The lowest BCUT2D eigenvalue weighted by Crippen LogP contribution is -2.34. The zero-order chi connectivity index (χ0) is 14.3. The molecule has 6 heteroatoms. The van der Waals surface area contributed by atoms with Crippen LogP contribution < -0.4 is 15.1 Å². The predicted molar refractivity (Wildman–Crippen MR) is 71.9 cm³/mol. The van der Waals surface area contributed by atoms with Crippen LogP contribution in [0.3, 0.4) is 0 Å². The fourth-order valence-corrected chi connectivity index (χ4v) is 3.22. The van der Waals surface area contributed by atoms with E-state index in [1.807, 2.05) is 0 Å². The molecule has 0 spiro atoms. The van der Waals surface area contributed by atoms with Crippen molar-refractivity contribution < 1.29 is 24.5 Å². The number of hydrogen-bond donors (Lipinski definition) is 2. The van der Waals surface area contributed by atoms with Gasteiger partial charge in [0, 0.05) is 0 Å². The first kappa shape index (κ1) is 12.4. The maximum absolute atomic E-state index is 11.0. The number of carbonyl (C=O) groups is 2. The molecule has 5 nitrogen and oxygen atoms in total. The van der Waals surface area contributed by atoms with Crippen LogP contribution in [0.5, 0.6) is 11.5 Å². The second kappa shape index (κ2) is 4.50. The molecule has 0 aliphatic carbocycles. The van der Waals surface area contributed by atoms with E-state index >= 15 is 0 Å². The van der Waals surface area contributed by atoms with Crippen LogP contribution in [0.2, 0.25) is 0 Å². The fraction of sp³-hybridized carbons (Fsp3) is 0. The van der Waals surface area contributed by atoms with Crippen LogP contribution in [0.25, 0.3) is 0 Å². The molecule has 0 fully saturated rings. The highest BCUT2D eigenvalue weighted by molar-refractivity contribution is 6.69. The molecule has 0 saturated carbocycles. The number of fused-ring (bicyclic) bond motifs is 2. The van der Waals surface area contributed by atoms with Crippen molar-refractivity contribution in [3.8, 4) is 11.5 Å². The lowest BCUT2D eigenvalue weighted by molar-refractivity contribution is 0.0686. The van der Waals surface area contributed by atoms with Crippen LogP contribution in [0.15, 0.2) is 36.4 Å². The molecule has 2 N–H and O–H groups in total. The Morgan fingerprint density at radius 1 is 0.850 bits per heavy atom. The van der Waals surface area contributed by atoms with Crippen LogP contribution in [0, 0.1) is 0 Å². The monoisotopic (exact) mass is 284 g/mol. The van der Waals surface area contributed by atoms with Gasteiger partial charge in [-0.2, -0.15) is 0 Å². The molecule has 20 heavy (non-hydrogen) atoms. The van der Waals surface area contributed by atoms with Crippen molar-refractivity contribution in [2.24, 2.45) is 0 Å². The van der Waals surface area contributed by atoms with E-state index in [0.29, 0.717) is 11.5 Å². The van der Waals surface area contributed by atoms with E-state index < -0.39 is 11.9 Å². The molecule has 2 radical (unpaired) electrons. The number of ether oxygens (including phenoxy) is 1. The van der Waals surface area contributed by atoms with E-state index in [1.54, 1.807) is 24.3 Å². The molecule has 0 saturated heterocycles. The molecule has 0 aromatic heterocycles. The van der Waals surface area contributed by atoms with Gasteiger partial charge in [0.15, 0.2) is 0 Å². The van der Waals surface area contributed by atoms with Crippen molar-refractivity contribution in [1.29, 1.82) is 0 Å². The van der Waals surface area contributed by atoms with Gasteiger partial charge >= 0.3 is 11.9 Å². The van der Waals surface area contributed by atoms with E-state index in [9.17, 15) is 9.59 Å². The average molecular weight is 284 g/mol. The Morgan fingerprint density at radius 3 is 1.70 bits per heavy atom. The number of benzene rings is 2. The highest BCUT2D eigenvalue weighted by atomic mass is 28.2. The summed E-state index contributed by atoms with van der Waals surface area (Å²) in [4.78, 5) is 21.9. The first-order valence-corrected chi connectivity index (χ1v) is 6.74. The van der Waals surface area contributed by atoms with Gasteiger partial charge in [0.2, 0.25) is 0 Å². The fourth-order valence-electron chi connectivity index (χ4n) is 1.96. The van der Waals surface area contributed by atoms with Crippen LogP contribution in [0.1, 0.15) is 20.7 Å². The Morgan fingerprint density at radius 2 is 1.30 bits per heavy atom. The maximum Gasteiger partial charge on any atom is 0.335 e. The number of carboxylic acid groups (broad SMARTS) is 2. The number of aromatic carboxylic acids is 2. The SMILES string of the molecule is O=C(O)c1ccc2c(c1)[Si]c1cc(C(=O)O)ccc1O2. The summed E-state index contributed by atoms with van der Waals surface area (Å²) >= 11 is 0. The summed E-state index contributed by atoms with van der Waals surface area (Å²) in [5.41, 5.74) is 0.385. The van der Waals surface area contributed by atoms with E-state index in [-0.39, 0.29) is 20.6 Å². The Hall–Kier alpha value is -2.60. The number of carboxylic acids is 2. The topological polar surface area (TPSA) is 83.8 Å². The van der Waals surface area contributed by atoms with Gasteiger partial charge < -0.3 is 14.9 Å². The lowest BCUT2D eigenvalue weighted by Gasteiger charge is -2.20. The van der Waals surface area contributed by atoms with Gasteiger partial charge in [-0.05, 0) is 46.8 Å². The van der Waals surface area contributed by atoms with Crippen LogP contribution in [-0.4, -0.2) is 31.7 Å². The molecule has 2 aromatic rings. The van der Waals surface area contributed by atoms with Crippen molar-refractivity contribution in [1.82, 2.24) is 0 Å². The smallest absolute Gasteiger partial charge is 0.335 e. The third-order valence-electron chi connectivity index (χ3n) is 2.94. The Labute approximate surface area is 116 Å². The van der Waals surface area contributed by atoms with Crippen molar-refractivity contribution in [3.05, 3.63) is 47.5 Å². The summed E-state index contributed by atoms with van der Waals surface area (Å²) in [5, 5.41) is 19.5. The van der Waals surface area contributed by atoms with Gasteiger partial charge in [0.25, 0.3) is 0 Å². The first-order chi connectivity index (χ1) is 9.54. The van der Waals surface area contributed by atoms with Crippen LogP contribution in [0.4, 0.5) is 0 Å². The molecule has 0 amide bonds. The summed E-state index contributed by atoms with van der Waals surface area (Å²) in [6.07, 6.45) is 0. The highest BCUT2D eigenvalue weighted by Gasteiger charge is 2.20. The third-order valence-corrected chi connectivity index (χ3v) is 4.26. The van der Waals surface area contributed by atoms with Gasteiger partial charge in [-0.15, -0.1) is 0 Å². The molecule has 1 aliphatic rings. The van der Waals surface area contributed by atoms with Crippen molar-refractivity contribution in [3.63, 3.8) is 0 Å². The normalized spacial score (nSPS) is 12.0. The van der Waals surface area contributed by atoms with Crippen LogP contribution >= 0.6 is 0 Å². The first-order valence-electron chi connectivity index (χ1n) is 5.74. The van der Waals surface area contributed by atoms with Gasteiger partial charge in [-0.1, -0.05) is 0 Å². The molecular formula is C14H8O5Si. The second-order valence-corrected chi connectivity index (χ2v) is 5.59. The van der Waals surface area contributed by atoms with Gasteiger partial charge in [0.1, 0.15) is 21.0 Å². The highest BCUT2D eigenvalue weighted by Crippen LogP contribution is 2.23. The van der Waals surface area contributed by atoms with Gasteiger partial charge in [-0.3, -0.25) is 0 Å². The standard InChI is InChI=1S/C14H8O5Si/c15-13(16)7-1-3-9-11(5-7)20-12-6-8(14(17)18)2-4-10(12)19-9/h1-6H,(H,15,16)(H,17,18). The maximum atomic E-state index is 11.0. The minimum absolute atomic E-state index is 0.170. The van der Waals surface area contributed by atoms with Gasteiger partial charge in [0.05, 0.1) is 11.1 Å². The summed E-state index contributed by atoms with van der Waals surface area (Å²) in [6, 6.07) is 9.35. The second-order valence-electron chi connectivity index (χ2n) is 4.26. The quantitative estimate of drug-likeness (QED) is 0.681. The number of rotatable bonds is 2. The molecule has 1 heterocycles. The Bertz CT molecular complexity index is 677. The largest absolute Gasteiger partial charge is 0.478 e. The summed E-state index contributed by atoms with van der Waals surface area (Å²) in [7, 11) is 0.170. The zero-order valence-electron chi connectivity index (χ0n) is 10.1. The van der Waals surface area contributed by atoms with Crippen molar-refractivity contribution >= 4 is 31.8 Å². The summed E-state index contributed by atoms with van der Waals surface area (Å²) in [5.74, 6) is -0.766. The predicted octanol–water partition coefficient (Wildman–Crippen LogP) is 0.844. The zero-order valence-corrected chi connectivity index (χ0v) is 11.1. The van der Waals surface area contributed by atoms with Crippen LogP contribution in [-0.2, 0) is 0 Å². The lowest BCUT2D eigenvalue weighted by atomic mass is 10.2. The van der Waals surface area contributed by atoms with E-state index in [2.05, 4.69) is 0 Å². The molecule has 0 unspecified atom stereocenters. The van der Waals surface area contributed by atoms with E-state index in [1.165, 1.54) is 12.1 Å². The third kappa shape index (κ3) is 2.06. The molecule has 0 bridgehead atoms. The minimum Gasteiger partial charge on any atom is -0.478 e. The Balaban J connectivity index is 2.03. The minimum atomic E-state index is -0.998. The molecule has 3 rings (SSSR count). The summed E-state index contributed by atoms with van der Waals surface area (Å²) in [6.45, 7) is 0. The molecule has 98 valence electrons. The molecule has 1 aliphatic heterocycles. The molecule has 2 aromatic carbocycles.